The molecule has 1 atom stereocenters. The number of hydrogen-bond donors (Lipinski definition) is 1. The Kier molecular flexibility index (Phi) is 6.43. The van der Waals surface area contributed by atoms with Crippen molar-refractivity contribution in [2.75, 3.05) is 13.4 Å². The van der Waals surface area contributed by atoms with Gasteiger partial charge in [0.05, 0.1) is 0 Å². The minimum atomic E-state index is -0.556. The molecule has 1 N–H and O–H groups in total. The van der Waals surface area contributed by atoms with Crippen LogP contribution in [0.15, 0.2) is 43.0 Å². The molecule has 0 saturated heterocycles. The summed E-state index contributed by atoms with van der Waals surface area (Å²) in [5.74, 6) is -0.00321. The van der Waals surface area contributed by atoms with Gasteiger partial charge in [0.15, 0.2) is 11.5 Å². The van der Waals surface area contributed by atoms with Crippen LogP contribution in [0.5, 0.6) is 17.2 Å². The summed E-state index contributed by atoms with van der Waals surface area (Å²) in [6.45, 7) is 5.26. The van der Waals surface area contributed by atoms with Gasteiger partial charge < -0.3 is 24.1 Å². The van der Waals surface area contributed by atoms with Crippen LogP contribution in [0.1, 0.15) is 25.3 Å². The van der Waals surface area contributed by atoms with E-state index >= 15 is 0 Å². The van der Waals surface area contributed by atoms with Crippen LogP contribution < -0.4 is 9.47 Å². The van der Waals surface area contributed by atoms with Crippen molar-refractivity contribution in [3.8, 4) is 22.9 Å². The molecule has 1 unspecified atom stereocenters. The molecule has 0 spiro atoms. The summed E-state index contributed by atoms with van der Waals surface area (Å²) < 4.78 is 20.9. The second-order valence-corrected chi connectivity index (χ2v) is 7.36. The van der Waals surface area contributed by atoms with E-state index in [2.05, 4.69) is 16.8 Å². The monoisotopic (exact) mass is 453 g/mol. The highest BCUT2D eigenvalue weighted by Crippen LogP contribution is 2.39. The fourth-order valence-corrected chi connectivity index (χ4v) is 3.26. The number of aromatic nitrogens is 3. The number of hydrogen-bond acceptors (Lipinski definition) is 9. The maximum Gasteiger partial charge on any atom is 0.330 e. The van der Waals surface area contributed by atoms with E-state index in [-0.39, 0.29) is 31.5 Å². The van der Waals surface area contributed by atoms with Crippen LogP contribution in [-0.4, -0.2) is 51.5 Å². The zero-order chi connectivity index (χ0) is 23.4. The van der Waals surface area contributed by atoms with Crippen molar-refractivity contribution >= 4 is 23.0 Å². The van der Waals surface area contributed by atoms with Crippen molar-refractivity contribution in [3.63, 3.8) is 0 Å². The summed E-state index contributed by atoms with van der Waals surface area (Å²) in [5, 5.41) is 19.2. The second-order valence-electron chi connectivity index (χ2n) is 7.36. The number of carbonyl (C=O) groups is 2. The molecule has 0 bridgehead atoms. The van der Waals surface area contributed by atoms with Gasteiger partial charge in [0.25, 0.3) is 0 Å². The van der Waals surface area contributed by atoms with Crippen molar-refractivity contribution in [3.05, 3.63) is 48.6 Å². The van der Waals surface area contributed by atoms with E-state index in [1.54, 1.807) is 12.1 Å². The van der Waals surface area contributed by atoms with Gasteiger partial charge in [-0.1, -0.05) is 19.6 Å². The number of carbonyl (C=O) groups excluding carboxylic acids is 2. The molecule has 172 valence electrons. The number of phenols is 1. The number of esters is 2. The maximum atomic E-state index is 12.2. The topological polar surface area (TPSA) is 122 Å². The Labute approximate surface area is 189 Å². The van der Waals surface area contributed by atoms with Crippen LogP contribution in [0.3, 0.4) is 0 Å². The molecule has 1 aliphatic heterocycles. The third-order valence-electron chi connectivity index (χ3n) is 5.08. The first-order chi connectivity index (χ1) is 16.0. The Hall–Kier alpha value is -4.08. The lowest BCUT2D eigenvalue weighted by Crippen LogP contribution is -2.24. The number of fused-ring (bicyclic) bond motifs is 2. The summed E-state index contributed by atoms with van der Waals surface area (Å²) in [6.07, 6.45) is 1.69. The highest BCUT2D eigenvalue weighted by atomic mass is 16.7. The summed E-state index contributed by atoms with van der Waals surface area (Å²) >= 11 is 0. The number of nitrogens with zero attached hydrogens (tertiary/aromatic N) is 3. The van der Waals surface area contributed by atoms with Crippen molar-refractivity contribution < 1.29 is 33.6 Å². The molecule has 4 rings (SSSR count). The van der Waals surface area contributed by atoms with Gasteiger partial charge in [-0.3, -0.25) is 4.79 Å². The quantitative estimate of drug-likeness (QED) is 0.385. The average molecular weight is 453 g/mol. The normalized spacial score (nSPS) is 13.0. The lowest BCUT2D eigenvalue weighted by molar-refractivity contribution is -0.157. The van der Waals surface area contributed by atoms with E-state index in [0.29, 0.717) is 41.1 Å². The molecule has 0 aliphatic carbocycles. The van der Waals surface area contributed by atoms with Crippen LogP contribution in [-0.2, 0) is 25.5 Å². The number of aromatic hydroxyl groups is 1. The zero-order valence-corrected chi connectivity index (χ0v) is 18.0. The summed E-state index contributed by atoms with van der Waals surface area (Å²) in [5.41, 5.74) is 2.49. The molecule has 1 aromatic heterocycles. The molecule has 33 heavy (non-hydrogen) atoms. The molecule has 0 amide bonds. The number of phenolic OH excluding ortho intramolecular Hbond substituents is 1. The zero-order valence-electron chi connectivity index (χ0n) is 18.0. The number of rotatable bonds is 9. The Morgan fingerprint density at radius 2 is 1.97 bits per heavy atom. The van der Waals surface area contributed by atoms with E-state index in [4.69, 9.17) is 18.9 Å². The van der Waals surface area contributed by atoms with Gasteiger partial charge in [-0.2, -0.15) is 0 Å². The molecule has 10 heteroatoms. The van der Waals surface area contributed by atoms with E-state index in [9.17, 15) is 14.7 Å². The first-order valence-electron chi connectivity index (χ1n) is 10.4. The van der Waals surface area contributed by atoms with E-state index < -0.39 is 12.1 Å². The van der Waals surface area contributed by atoms with E-state index in [1.165, 1.54) is 10.9 Å². The Morgan fingerprint density at radius 3 is 2.73 bits per heavy atom. The lowest BCUT2D eigenvalue weighted by atomic mass is 10.1. The van der Waals surface area contributed by atoms with Crippen LogP contribution in [0.2, 0.25) is 0 Å². The molecule has 1 aliphatic rings. The molecule has 0 fully saturated rings. The van der Waals surface area contributed by atoms with Crippen LogP contribution in [0.25, 0.3) is 16.7 Å². The van der Waals surface area contributed by atoms with Gasteiger partial charge in [-0.25, -0.2) is 4.79 Å². The molecule has 0 radical (unpaired) electrons. The molecule has 0 saturated carbocycles. The smallest absolute Gasteiger partial charge is 0.330 e. The van der Waals surface area contributed by atoms with Crippen molar-refractivity contribution in [2.24, 2.45) is 0 Å². The SMILES string of the molecule is C=CC(=O)OCC(CC)OC(=O)CCc1ccc2nn(-c3cc4c(cc3O)OCO4)nc2c1. The van der Waals surface area contributed by atoms with Crippen LogP contribution in [0.4, 0.5) is 0 Å². The van der Waals surface area contributed by atoms with E-state index in [0.717, 1.165) is 11.6 Å². The maximum absolute atomic E-state index is 12.2. The minimum absolute atomic E-state index is 0.00510. The Bertz CT molecular complexity index is 1200. The van der Waals surface area contributed by atoms with Gasteiger partial charge in [-0.05, 0) is 30.5 Å². The molecule has 10 nitrogen and oxygen atoms in total. The molecular weight excluding hydrogens is 430 g/mol. The number of aryl methyl sites for hydroxylation is 1. The molecule has 3 aromatic rings. The van der Waals surface area contributed by atoms with Gasteiger partial charge >= 0.3 is 11.9 Å². The van der Waals surface area contributed by atoms with Crippen LogP contribution >= 0.6 is 0 Å². The van der Waals surface area contributed by atoms with Crippen molar-refractivity contribution in [1.82, 2.24) is 15.0 Å². The van der Waals surface area contributed by atoms with Gasteiger partial charge in [0, 0.05) is 24.6 Å². The van der Waals surface area contributed by atoms with Gasteiger partial charge in [0.1, 0.15) is 35.2 Å². The lowest BCUT2D eigenvalue weighted by Gasteiger charge is -2.15. The predicted molar refractivity (Wildman–Crippen MR) is 116 cm³/mol. The summed E-state index contributed by atoms with van der Waals surface area (Å²) in [6, 6.07) is 8.57. The first-order valence-corrected chi connectivity index (χ1v) is 10.4. The standard InChI is InChI=1S/C23H23N3O7/c1-3-15(12-30-22(28)4-2)33-23(29)8-6-14-5-7-16-17(9-14)25-26(24-16)18-10-20-21(11-19(18)27)32-13-31-20/h4-5,7,9-11,15,27H,2-3,6,8,12-13H2,1H3. The Balaban J connectivity index is 1.40. The molecule has 2 heterocycles. The highest BCUT2D eigenvalue weighted by Gasteiger charge is 2.20. The molecule has 2 aromatic carbocycles. The third kappa shape index (κ3) is 5.05. The minimum Gasteiger partial charge on any atom is -0.505 e. The van der Waals surface area contributed by atoms with E-state index in [1.807, 2.05) is 19.1 Å². The molecular formula is C23H23N3O7. The number of ether oxygens (including phenoxy) is 4. The summed E-state index contributed by atoms with van der Waals surface area (Å²) in [4.78, 5) is 24.7. The number of benzene rings is 2. The fraction of sp³-hybridized carbons (Fsp3) is 0.304. The van der Waals surface area contributed by atoms with Crippen LogP contribution in [0, 0.1) is 0 Å². The average Bonchev–Trinajstić information content (AvgIpc) is 3.45. The van der Waals surface area contributed by atoms with Gasteiger partial charge in [-0.15, -0.1) is 15.0 Å². The Morgan fingerprint density at radius 1 is 1.21 bits per heavy atom. The largest absolute Gasteiger partial charge is 0.505 e. The van der Waals surface area contributed by atoms with Crippen molar-refractivity contribution in [2.45, 2.75) is 32.3 Å². The first kappa shape index (κ1) is 22.1. The second kappa shape index (κ2) is 9.60. The van der Waals surface area contributed by atoms with Gasteiger partial charge in [0.2, 0.25) is 6.79 Å². The predicted octanol–water partition coefficient (Wildman–Crippen LogP) is 2.84. The highest BCUT2D eigenvalue weighted by molar-refractivity contribution is 5.81. The summed E-state index contributed by atoms with van der Waals surface area (Å²) in [7, 11) is 0. The fourth-order valence-electron chi connectivity index (χ4n) is 3.26. The van der Waals surface area contributed by atoms with Crippen molar-refractivity contribution in [1.29, 1.82) is 0 Å². The third-order valence-corrected chi connectivity index (χ3v) is 5.08.